The maximum atomic E-state index is 12.4. The molecule has 0 aliphatic carbocycles. The maximum absolute atomic E-state index is 12.4. The van der Waals surface area contributed by atoms with Gasteiger partial charge in [-0.15, -0.1) is 12.4 Å². The zero-order valence-electron chi connectivity index (χ0n) is 14.2. The smallest absolute Gasteiger partial charge is 0.226 e. The first kappa shape index (κ1) is 19.3. The molecule has 0 aromatic heterocycles. The minimum atomic E-state index is -0.444. The van der Waals surface area contributed by atoms with E-state index in [1.807, 2.05) is 59.5 Å². The molecule has 0 bridgehead atoms. The summed E-state index contributed by atoms with van der Waals surface area (Å²) in [5.74, 6) is 0.361. The Kier molecular flexibility index (Phi) is 6.85. The average Bonchev–Trinajstić information content (AvgIpc) is 2.64. The van der Waals surface area contributed by atoms with E-state index in [0.717, 1.165) is 24.0 Å². The number of hydrogen-bond acceptors (Lipinski definition) is 3. The molecule has 2 aromatic rings. The van der Waals surface area contributed by atoms with Crippen LogP contribution in [0.15, 0.2) is 54.6 Å². The summed E-state index contributed by atoms with van der Waals surface area (Å²) >= 11 is 0. The predicted octanol–water partition coefficient (Wildman–Crippen LogP) is 3.21. The van der Waals surface area contributed by atoms with Crippen LogP contribution in [-0.2, 0) is 11.2 Å². The highest BCUT2D eigenvalue weighted by atomic mass is 35.5. The van der Waals surface area contributed by atoms with E-state index in [1.165, 1.54) is 0 Å². The van der Waals surface area contributed by atoms with E-state index in [1.54, 1.807) is 0 Å². The number of anilines is 1. The van der Waals surface area contributed by atoms with Crippen molar-refractivity contribution in [1.29, 1.82) is 0 Å². The molecule has 4 nitrogen and oxygen atoms in total. The monoisotopic (exact) mass is 360 g/mol. The van der Waals surface area contributed by atoms with Crippen molar-refractivity contribution in [3.05, 3.63) is 65.7 Å². The summed E-state index contributed by atoms with van der Waals surface area (Å²) in [5, 5.41) is 10.5. The Hall–Kier alpha value is -2.04. The summed E-state index contributed by atoms with van der Waals surface area (Å²) in [6.07, 6.45) is 1.64. The van der Waals surface area contributed by atoms with Crippen molar-refractivity contribution in [2.45, 2.75) is 25.4 Å². The topological polar surface area (TPSA) is 66.6 Å². The van der Waals surface area contributed by atoms with Crippen molar-refractivity contribution in [3.8, 4) is 0 Å². The maximum Gasteiger partial charge on any atom is 0.226 e. The van der Waals surface area contributed by atoms with E-state index in [2.05, 4.69) is 0 Å². The van der Waals surface area contributed by atoms with Crippen molar-refractivity contribution in [3.63, 3.8) is 0 Å². The van der Waals surface area contributed by atoms with Gasteiger partial charge in [-0.25, -0.2) is 0 Å². The summed E-state index contributed by atoms with van der Waals surface area (Å²) in [6.45, 7) is 1.42. The zero-order chi connectivity index (χ0) is 16.9. The zero-order valence-corrected chi connectivity index (χ0v) is 15.0. The molecular formula is C20H25ClN2O2. The number of aliphatic hydroxyl groups excluding tert-OH is 1. The Morgan fingerprint density at radius 2 is 1.68 bits per heavy atom. The summed E-state index contributed by atoms with van der Waals surface area (Å²) in [7, 11) is 0. The summed E-state index contributed by atoms with van der Waals surface area (Å²) in [4.78, 5) is 14.3. The highest BCUT2D eigenvalue weighted by molar-refractivity contribution is 5.85. The number of nitrogens with two attached hydrogens (primary N) is 1. The van der Waals surface area contributed by atoms with Crippen LogP contribution in [0.25, 0.3) is 0 Å². The SMILES string of the molecule is Cl.Nc1ccc(CC(=O)N2CCC(C(O)c3ccccc3)CC2)cc1. The lowest BCUT2D eigenvalue weighted by atomic mass is 9.87. The van der Waals surface area contributed by atoms with Gasteiger partial charge in [0, 0.05) is 18.8 Å². The summed E-state index contributed by atoms with van der Waals surface area (Å²) < 4.78 is 0. The van der Waals surface area contributed by atoms with Crippen LogP contribution < -0.4 is 5.73 Å². The third-order valence-electron chi connectivity index (χ3n) is 4.82. The molecule has 2 aromatic carbocycles. The van der Waals surface area contributed by atoms with Crippen molar-refractivity contribution in [1.82, 2.24) is 4.90 Å². The molecule has 0 saturated carbocycles. The fraction of sp³-hybridized carbons (Fsp3) is 0.350. The van der Waals surface area contributed by atoms with Gasteiger partial charge in [-0.1, -0.05) is 42.5 Å². The molecule has 1 aliphatic rings. The van der Waals surface area contributed by atoms with Gasteiger partial charge in [-0.05, 0) is 42.0 Å². The van der Waals surface area contributed by atoms with Crippen LogP contribution in [0.1, 0.15) is 30.1 Å². The number of piperidine rings is 1. The van der Waals surface area contributed by atoms with Crippen molar-refractivity contribution >= 4 is 24.0 Å². The number of nitrogen functional groups attached to an aromatic ring is 1. The van der Waals surface area contributed by atoms with Gasteiger partial charge in [0.25, 0.3) is 0 Å². The van der Waals surface area contributed by atoms with Gasteiger partial charge in [0.1, 0.15) is 0 Å². The molecule has 1 saturated heterocycles. The van der Waals surface area contributed by atoms with Gasteiger partial charge in [-0.2, -0.15) is 0 Å². The van der Waals surface area contributed by atoms with Gasteiger partial charge < -0.3 is 15.7 Å². The van der Waals surface area contributed by atoms with E-state index in [9.17, 15) is 9.90 Å². The van der Waals surface area contributed by atoms with Gasteiger partial charge in [0.15, 0.2) is 0 Å². The number of benzene rings is 2. The number of rotatable bonds is 4. The van der Waals surface area contributed by atoms with Gasteiger partial charge in [0.2, 0.25) is 5.91 Å². The van der Waals surface area contributed by atoms with Crippen LogP contribution in [0, 0.1) is 5.92 Å². The number of nitrogens with zero attached hydrogens (tertiary/aromatic N) is 1. The first-order chi connectivity index (χ1) is 11.6. The van der Waals surface area contributed by atoms with Crippen LogP contribution in [0.3, 0.4) is 0 Å². The van der Waals surface area contributed by atoms with Crippen LogP contribution >= 0.6 is 12.4 Å². The Labute approximate surface area is 155 Å². The number of halogens is 1. The molecule has 1 fully saturated rings. The summed E-state index contributed by atoms with van der Waals surface area (Å²) in [6, 6.07) is 17.2. The second kappa shape index (κ2) is 8.88. The van der Waals surface area contributed by atoms with E-state index < -0.39 is 6.10 Å². The number of hydrogen-bond donors (Lipinski definition) is 2. The molecule has 134 valence electrons. The fourth-order valence-electron chi connectivity index (χ4n) is 3.31. The highest BCUT2D eigenvalue weighted by Crippen LogP contribution is 2.30. The van der Waals surface area contributed by atoms with E-state index >= 15 is 0 Å². The Bertz CT molecular complexity index is 668. The van der Waals surface area contributed by atoms with Crippen LogP contribution in [0.5, 0.6) is 0 Å². The quantitative estimate of drug-likeness (QED) is 0.823. The lowest BCUT2D eigenvalue weighted by Gasteiger charge is -2.34. The third kappa shape index (κ3) is 4.97. The lowest BCUT2D eigenvalue weighted by Crippen LogP contribution is -2.40. The molecule has 3 rings (SSSR count). The van der Waals surface area contributed by atoms with E-state index in [0.29, 0.717) is 25.2 Å². The standard InChI is InChI=1S/C20H24N2O2.ClH/c21-18-8-6-15(7-9-18)14-19(23)22-12-10-17(11-13-22)20(24)16-4-2-1-3-5-16;/h1-9,17,20,24H,10-14,21H2;1H. The number of aliphatic hydroxyl groups is 1. The fourth-order valence-corrected chi connectivity index (χ4v) is 3.31. The molecule has 0 radical (unpaired) electrons. The van der Waals surface area contributed by atoms with Crippen LogP contribution in [0.4, 0.5) is 5.69 Å². The molecule has 3 N–H and O–H groups in total. The average molecular weight is 361 g/mol. The Morgan fingerprint density at radius 1 is 1.08 bits per heavy atom. The van der Waals surface area contributed by atoms with Crippen molar-refractivity contribution < 1.29 is 9.90 Å². The summed E-state index contributed by atoms with van der Waals surface area (Å²) in [5.41, 5.74) is 8.33. The molecule has 25 heavy (non-hydrogen) atoms. The number of amides is 1. The molecular weight excluding hydrogens is 336 g/mol. The normalized spacial score (nSPS) is 16.1. The van der Waals surface area contributed by atoms with E-state index in [4.69, 9.17) is 5.73 Å². The Morgan fingerprint density at radius 3 is 2.28 bits per heavy atom. The van der Waals surface area contributed by atoms with Gasteiger partial charge in [0.05, 0.1) is 12.5 Å². The van der Waals surface area contributed by atoms with Crippen LogP contribution in [0.2, 0.25) is 0 Å². The molecule has 1 amide bonds. The number of likely N-dealkylation sites (tertiary alicyclic amines) is 1. The largest absolute Gasteiger partial charge is 0.399 e. The van der Waals surface area contributed by atoms with Crippen molar-refractivity contribution in [2.24, 2.45) is 5.92 Å². The predicted molar refractivity (Wildman–Crippen MR) is 103 cm³/mol. The Balaban J connectivity index is 0.00000225. The molecule has 5 heteroatoms. The van der Waals surface area contributed by atoms with E-state index in [-0.39, 0.29) is 24.2 Å². The van der Waals surface area contributed by atoms with Gasteiger partial charge >= 0.3 is 0 Å². The number of carbonyl (C=O) groups excluding carboxylic acids is 1. The molecule has 1 atom stereocenters. The second-order valence-electron chi connectivity index (χ2n) is 6.49. The molecule has 1 unspecified atom stereocenters. The second-order valence-corrected chi connectivity index (χ2v) is 6.49. The number of carbonyl (C=O) groups is 1. The lowest BCUT2D eigenvalue weighted by molar-refractivity contribution is -0.132. The molecule has 1 heterocycles. The van der Waals surface area contributed by atoms with Crippen LogP contribution in [-0.4, -0.2) is 29.0 Å². The molecule has 1 aliphatic heterocycles. The third-order valence-corrected chi connectivity index (χ3v) is 4.82. The van der Waals surface area contributed by atoms with Gasteiger partial charge in [-0.3, -0.25) is 4.79 Å². The minimum absolute atomic E-state index is 0. The molecule has 0 spiro atoms. The van der Waals surface area contributed by atoms with Crippen molar-refractivity contribution in [2.75, 3.05) is 18.8 Å². The first-order valence-electron chi connectivity index (χ1n) is 8.48. The first-order valence-corrected chi connectivity index (χ1v) is 8.48. The highest BCUT2D eigenvalue weighted by Gasteiger charge is 2.28. The minimum Gasteiger partial charge on any atom is -0.399 e.